The van der Waals surface area contributed by atoms with Gasteiger partial charge in [0, 0.05) is 11.3 Å². The van der Waals surface area contributed by atoms with Crippen LogP contribution in [0.15, 0.2) is 0 Å². The summed E-state index contributed by atoms with van der Waals surface area (Å²) >= 11 is 1.88. The molecule has 1 atom stereocenters. The molecule has 1 amide bonds. The maximum atomic E-state index is 11.7. The normalized spacial score (nSPS) is 19.9. The highest BCUT2D eigenvalue weighted by molar-refractivity contribution is 8.00. The Kier molecular flexibility index (Phi) is 5.62. The first-order valence-electron chi connectivity index (χ1n) is 6.22. The summed E-state index contributed by atoms with van der Waals surface area (Å²) in [6, 6.07) is -0.320. The van der Waals surface area contributed by atoms with Crippen LogP contribution in [0.2, 0.25) is 0 Å². The highest BCUT2D eigenvalue weighted by atomic mass is 32.2. The van der Waals surface area contributed by atoms with Crippen LogP contribution in [-0.2, 0) is 4.79 Å². The van der Waals surface area contributed by atoms with Crippen LogP contribution in [0.3, 0.4) is 0 Å². The van der Waals surface area contributed by atoms with E-state index in [1.54, 1.807) is 0 Å². The van der Waals surface area contributed by atoms with Crippen LogP contribution in [0, 0.1) is 0 Å². The van der Waals surface area contributed by atoms with E-state index < -0.39 is 0 Å². The van der Waals surface area contributed by atoms with E-state index in [0.717, 1.165) is 25.8 Å². The molecule has 1 unspecified atom stereocenters. The number of amides is 1. The van der Waals surface area contributed by atoms with Gasteiger partial charge < -0.3 is 11.1 Å². The van der Waals surface area contributed by atoms with E-state index in [-0.39, 0.29) is 11.9 Å². The third kappa shape index (κ3) is 3.67. The third-order valence-corrected chi connectivity index (χ3v) is 4.91. The molecule has 94 valence electrons. The van der Waals surface area contributed by atoms with Gasteiger partial charge in [0.15, 0.2) is 0 Å². The van der Waals surface area contributed by atoms with Gasteiger partial charge in [-0.1, -0.05) is 26.2 Å². The van der Waals surface area contributed by atoms with Crippen LogP contribution in [0.4, 0.5) is 0 Å². The van der Waals surface area contributed by atoms with Gasteiger partial charge in [0.2, 0.25) is 5.91 Å². The van der Waals surface area contributed by atoms with Crippen LogP contribution in [0.5, 0.6) is 0 Å². The minimum absolute atomic E-state index is 0.0220. The molecule has 0 aromatic carbocycles. The molecule has 0 spiro atoms. The van der Waals surface area contributed by atoms with Crippen molar-refractivity contribution in [3.05, 3.63) is 0 Å². The molecular weight excluding hydrogens is 220 g/mol. The summed E-state index contributed by atoms with van der Waals surface area (Å²) in [4.78, 5) is 11.7. The largest absolute Gasteiger partial charge is 0.353 e. The molecule has 0 aromatic heterocycles. The lowest BCUT2D eigenvalue weighted by atomic mass is 9.84. The zero-order chi connectivity index (χ0) is 12.0. The average Bonchev–Trinajstić information content (AvgIpc) is 2.24. The predicted molar refractivity (Wildman–Crippen MR) is 70.6 cm³/mol. The second kappa shape index (κ2) is 6.50. The summed E-state index contributed by atoms with van der Waals surface area (Å²) in [6.45, 7) is 2.90. The highest BCUT2D eigenvalue weighted by Crippen LogP contribution is 2.42. The van der Waals surface area contributed by atoms with Crippen molar-refractivity contribution in [1.29, 1.82) is 0 Å². The van der Waals surface area contributed by atoms with E-state index >= 15 is 0 Å². The number of hydrogen-bond donors (Lipinski definition) is 2. The Morgan fingerprint density at radius 2 is 2.25 bits per heavy atom. The number of carbonyl (C=O) groups excluding carboxylic acids is 1. The molecule has 0 aliphatic heterocycles. The van der Waals surface area contributed by atoms with Gasteiger partial charge in [-0.25, -0.2) is 0 Å². The van der Waals surface area contributed by atoms with Gasteiger partial charge in [-0.15, -0.1) is 0 Å². The van der Waals surface area contributed by atoms with Crippen LogP contribution in [0.1, 0.15) is 45.4 Å². The molecule has 3 N–H and O–H groups in total. The predicted octanol–water partition coefficient (Wildman–Crippen LogP) is 1.91. The number of nitrogens with one attached hydrogen (secondary N) is 1. The molecule has 0 bridgehead atoms. The zero-order valence-corrected chi connectivity index (χ0v) is 11.2. The summed E-state index contributed by atoms with van der Waals surface area (Å²) < 4.78 is 0.306. The Morgan fingerprint density at radius 3 is 2.69 bits per heavy atom. The molecule has 0 heterocycles. The van der Waals surface area contributed by atoms with E-state index in [1.165, 1.54) is 19.3 Å². The number of hydrogen-bond acceptors (Lipinski definition) is 3. The standard InChI is InChI=1S/C12H24N2OS/c1-3-4-6-10(13)11(15)14-9-12(16-2)7-5-8-12/h10H,3-9,13H2,1-2H3,(H,14,15). The Morgan fingerprint density at radius 1 is 1.56 bits per heavy atom. The Balaban J connectivity index is 2.23. The molecule has 16 heavy (non-hydrogen) atoms. The molecule has 4 heteroatoms. The molecule has 1 fully saturated rings. The molecule has 0 aromatic rings. The fourth-order valence-corrected chi connectivity index (χ4v) is 2.87. The molecule has 3 nitrogen and oxygen atoms in total. The van der Waals surface area contributed by atoms with E-state index in [0.29, 0.717) is 4.75 Å². The average molecular weight is 244 g/mol. The monoisotopic (exact) mass is 244 g/mol. The van der Waals surface area contributed by atoms with E-state index in [2.05, 4.69) is 18.5 Å². The minimum atomic E-state index is -0.320. The van der Waals surface area contributed by atoms with Gasteiger partial charge in [-0.3, -0.25) is 4.79 Å². The van der Waals surface area contributed by atoms with Crippen molar-refractivity contribution in [3.8, 4) is 0 Å². The van der Waals surface area contributed by atoms with Crippen LogP contribution >= 0.6 is 11.8 Å². The molecule has 0 saturated heterocycles. The highest BCUT2D eigenvalue weighted by Gasteiger charge is 2.36. The first-order chi connectivity index (χ1) is 7.63. The van der Waals surface area contributed by atoms with Crippen molar-refractivity contribution in [3.63, 3.8) is 0 Å². The summed E-state index contributed by atoms with van der Waals surface area (Å²) in [5.41, 5.74) is 5.81. The first kappa shape index (κ1) is 13.8. The molecule has 1 aliphatic rings. The van der Waals surface area contributed by atoms with Crippen molar-refractivity contribution in [2.24, 2.45) is 5.73 Å². The van der Waals surface area contributed by atoms with E-state index in [9.17, 15) is 4.79 Å². The summed E-state index contributed by atoms with van der Waals surface area (Å²) in [7, 11) is 0. The topological polar surface area (TPSA) is 55.1 Å². The van der Waals surface area contributed by atoms with Gasteiger partial charge in [-0.2, -0.15) is 11.8 Å². The number of rotatable bonds is 7. The van der Waals surface area contributed by atoms with Gasteiger partial charge >= 0.3 is 0 Å². The lowest BCUT2D eigenvalue weighted by Crippen LogP contribution is -2.49. The zero-order valence-electron chi connectivity index (χ0n) is 10.4. The van der Waals surface area contributed by atoms with Crippen molar-refractivity contribution in [1.82, 2.24) is 5.32 Å². The SMILES string of the molecule is CCCCC(N)C(=O)NCC1(SC)CCC1. The van der Waals surface area contributed by atoms with Gasteiger partial charge in [0.25, 0.3) is 0 Å². The Bertz CT molecular complexity index is 224. The molecule has 1 rings (SSSR count). The Hall–Kier alpha value is -0.220. The van der Waals surface area contributed by atoms with Crippen molar-refractivity contribution in [2.75, 3.05) is 12.8 Å². The van der Waals surface area contributed by atoms with Crippen molar-refractivity contribution >= 4 is 17.7 Å². The smallest absolute Gasteiger partial charge is 0.236 e. The van der Waals surface area contributed by atoms with Crippen molar-refractivity contribution in [2.45, 2.75) is 56.2 Å². The van der Waals surface area contributed by atoms with Crippen LogP contribution in [-0.4, -0.2) is 29.5 Å². The van der Waals surface area contributed by atoms with Crippen LogP contribution < -0.4 is 11.1 Å². The van der Waals surface area contributed by atoms with E-state index in [4.69, 9.17) is 5.73 Å². The quantitative estimate of drug-likeness (QED) is 0.719. The number of carbonyl (C=O) groups is 1. The third-order valence-electron chi connectivity index (χ3n) is 3.49. The number of unbranched alkanes of at least 4 members (excludes halogenated alkanes) is 1. The second-order valence-electron chi connectivity index (χ2n) is 4.71. The first-order valence-corrected chi connectivity index (χ1v) is 7.44. The second-order valence-corrected chi connectivity index (χ2v) is 5.98. The summed E-state index contributed by atoms with van der Waals surface area (Å²) in [6.07, 6.45) is 8.78. The fourth-order valence-electron chi connectivity index (χ4n) is 1.96. The molecular formula is C12H24N2OS. The van der Waals surface area contributed by atoms with E-state index in [1.807, 2.05) is 11.8 Å². The maximum absolute atomic E-state index is 11.7. The number of nitrogens with two attached hydrogens (primary N) is 1. The summed E-state index contributed by atoms with van der Waals surface area (Å²) in [5, 5.41) is 3.00. The summed E-state index contributed by atoms with van der Waals surface area (Å²) in [5.74, 6) is 0.0220. The molecule has 1 saturated carbocycles. The lowest BCUT2D eigenvalue weighted by molar-refractivity contribution is -0.122. The van der Waals surface area contributed by atoms with Crippen molar-refractivity contribution < 1.29 is 4.79 Å². The maximum Gasteiger partial charge on any atom is 0.236 e. The fraction of sp³-hybridized carbons (Fsp3) is 0.917. The van der Waals surface area contributed by atoms with Gasteiger partial charge in [0.05, 0.1) is 6.04 Å². The lowest BCUT2D eigenvalue weighted by Gasteiger charge is -2.40. The van der Waals surface area contributed by atoms with Gasteiger partial charge in [0.1, 0.15) is 0 Å². The minimum Gasteiger partial charge on any atom is -0.353 e. The molecule has 1 aliphatic carbocycles. The number of thioether (sulfide) groups is 1. The van der Waals surface area contributed by atoms with Gasteiger partial charge in [-0.05, 0) is 25.5 Å². The molecule has 0 radical (unpaired) electrons. The van der Waals surface area contributed by atoms with Crippen LogP contribution in [0.25, 0.3) is 0 Å². The Labute approximate surface area is 103 Å².